The average molecular weight is 365 g/mol. The highest BCUT2D eigenvalue weighted by atomic mass is 32.2. The smallest absolute Gasteiger partial charge is 0.233 e. The van der Waals surface area contributed by atoms with Crippen molar-refractivity contribution in [3.63, 3.8) is 0 Å². The highest BCUT2D eigenvalue weighted by molar-refractivity contribution is 7.90. The minimum absolute atomic E-state index is 0.125. The molecule has 2 aliphatic rings. The van der Waals surface area contributed by atoms with Crippen molar-refractivity contribution in [2.45, 2.75) is 54.9 Å². The normalized spacial score (nSPS) is 22.9. The maximum atomic E-state index is 13.2. The number of carbonyl (C=O) groups is 1. The van der Waals surface area contributed by atoms with Crippen LogP contribution in [0.15, 0.2) is 29.2 Å². The Balaban J connectivity index is 1.76. The number of likely N-dealkylation sites (N-methyl/N-ethyl adjacent to an activating group) is 1. The van der Waals surface area contributed by atoms with Crippen molar-refractivity contribution >= 4 is 15.7 Å². The molecule has 6 heteroatoms. The molecule has 1 saturated heterocycles. The highest BCUT2D eigenvalue weighted by Gasteiger charge is 2.47. The minimum Gasteiger partial charge on any atom is -0.376 e. The van der Waals surface area contributed by atoms with E-state index >= 15 is 0 Å². The Morgan fingerprint density at radius 1 is 1.20 bits per heavy atom. The molecule has 5 nitrogen and oxygen atoms in total. The third-order valence-electron chi connectivity index (χ3n) is 5.55. The van der Waals surface area contributed by atoms with Crippen LogP contribution in [0.2, 0.25) is 0 Å². The van der Waals surface area contributed by atoms with Crippen LogP contribution in [0, 0.1) is 0 Å². The highest BCUT2D eigenvalue weighted by Crippen LogP contribution is 2.45. The zero-order valence-electron chi connectivity index (χ0n) is 15.0. The molecule has 1 atom stereocenters. The Bertz CT molecular complexity index is 716. The second-order valence-corrected chi connectivity index (χ2v) is 9.42. The van der Waals surface area contributed by atoms with Crippen molar-refractivity contribution < 1.29 is 17.9 Å². The molecule has 1 amide bonds. The Morgan fingerprint density at radius 2 is 1.88 bits per heavy atom. The van der Waals surface area contributed by atoms with E-state index in [1.807, 2.05) is 7.05 Å². The van der Waals surface area contributed by atoms with Crippen LogP contribution in [0.4, 0.5) is 0 Å². The number of sulfone groups is 1. The molecule has 3 rings (SSSR count). The van der Waals surface area contributed by atoms with Crippen LogP contribution in [0.25, 0.3) is 0 Å². The van der Waals surface area contributed by atoms with E-state index in [2.05, 4.69) is 0 Å². The summed E-state index contributed by atoms with van der Waals surface area (Å²) in [5, 5.41) is 0. The molecular formula is C19H27NO4S. The fourth-order valence-electron chi connectivity index (χ4n) is 3.88. The topological polar surface area (TPSA) is 63.7 Å². The second-order valence-electron chi connectivity index (χ2n) is 7.41. The van der Waals surface area contributed by atoms with Gasteiger partial charge in [-0.25, -0.2) is 8.42 Å². The van der Waals surface area contributed by atoms with E-state index in [4.69, 9.17) is 4.74 Å². The molecule has 1 aliphatic carbocycles. The standard InChI is InChI=1S/C19H27NO4S/c1-20(14-16-6-3-4-13-24-16)18(21)19(11-5-12-19)15-7-9-17(10-8-15)25(2,22)23/h7-10,16H,3-6,11-14H2,1-2H3/t16-/m0/s1. The first kappa shape index (κ1) is 18.4. The van der Waals surface area contributed by atoms with Gasteiger partial charge in [0.1, 0.15) is 0 Å². The van der Waals surface area contributed by atoms with E-state index in [1.165, 1.54) is 6.26 Å². The van der Waals surface area contributed by atoms with Crippen LogP contribution >= 0.6 is 0 Å². The first-order valence-electron chi connectivity index (χ1n) is 9.01. The summed E-state index contributed by atoms with van der Waals surface area (Å²) in [6.07, 6.45) is 7.26. The second kappa shape index (κ2) is 7.08. The lowest BCUT2D eigenvalue weighted by atomic mass is 9.63. The van der Waals surface area contributed by atoms with Gasteiger partial charge in [0.15, 0.2) is 9.84 Å². The summed E-state index contributed by atoms with van der Waals surface area (Å²) in [5.41, 5.74) is 0.423. The summed E-state index contributed by atoms with van der Waals surface area (Å²) in [6.45, 7) is 1.41. The summed E-state index contributed by atoms with van der Waals surface area (Å²) in [4.78, 5) is 15.3. The number of ether oxygens (including phenoxy) is 1. The van der Waals surface area contributed by atoms with E-state index < -0.39 is 15.3 Å². The van der Waals surface area contributed by atoms with Gasteiger partial charge in [0.05, 0.1) is 16.4 Å². The Labute approximate surface area is 150 Å². The van der Waals surface area contributed by atoms with Gasteiger partial charge >= 0.3 is 0 Å². The van der Waals surface area contributed by atoms with Gasteiger partial charge in [-0.05, 0) is 49.8 Å². The summed E-state index contributed by atoms with van der Waals surface area (Å²) in [5.74, 6) is 0.125. The first-order chi connectivity index (χ1) is 11.8. The van der Waals surface area contributed by atoms with Crippen molar-refractivity contribution in [3.8, 4) is 0 Å². The lowest BCUT2D eigenvalue weighted by molar-refractivity contribution is -0.142. The molecule has 0 unspecified atom stereocenters. The largest absolute Gasteiger partial charge is 0.376 e. The number of hydrogen-bond donors (Lipinski definition) is 0. The molecule has 0 bridgehead atoms. The van der Waals surface area contributed by atoms with Crippen LogP contribution < -0.4 is 0 Å². The van der Waals surface area contributed by atoms with Gasteiger partial charge in [-0.3, -0.25) is 4.79 Å². The molecular weight excluding hydrogens is 338 g/mol. The molecule has 0 aromatic heterocycles. The first-order valence-corrected chi connectivity index (χ1v) is 10.9. The van der Waals surface area contributed by atoms with Crippen molar-refractivity contribution in [2.75, 3.05) is 26.5 Å². The number of nitrogens with zero attached hydrogens (tertiary/aromatic N) is 1. The van der Waals surface area contributed by atoms with Crippen molar-refractivity contribution in [1.82, 2.24) is 4.90 Å². The summed E-state index contributed by atoms with van der Waals surface area (Å²) in [7, 11) is -1.37. The molecule has 0 spiro atoms. The minimum atomic E-state index is -3.22. The van der Waals surface area contributed by atoms with E-state index in [0.29, 0.717) is 11.4 Å². The van der Waals surface area contributed by atoms with Gasteiger partial charge in [0, 0.05) is 26.5 Å². The molecule has 1 saturated carbocycles. The fourth-order valence-corrected chi connectivity index (χ4v) is 4.51. The van der Waals surface area contributed by atoms with Crippen LogP contribution in [-0.4, -0.2) is 51.8 Å². The number of rotatable bonds is 5. The maximum absolute atomic E-state index is 13.2. The van der Waals surface area contributed by atoms with Gasteiger partial charge in [-0.1, -0.05) is 18.6 Å². The zero-order valence-corrected chi connectivity index (χ0v) is 15.8. The van der Waals surface area contributed by atoms with Gasteiger partial charge in [0.2, 0.25) is 5.91 Å². The third-order valence-corrected chi connectivity index (χ3v) is 6.68. The molecule has 1 aromatic rings. The predicted molar refractivity (Wildman–Crippen MR) is 96.3 cm³/mol. The molecule has 0 N–H and O–H groups in total. The Hall–Kier alpha value is -1.40. The van der Waals surface area contributed by atoms with Gasteiger partial charge in [-0.2, -0.15) is 0 Å². The fraction of sp³-hybridized carbons (Fsp3) is 0.632. The molecule has 1 heterocycles. The van der Waals surface area contributed by atoms with Crippen molar-refractivity contribution in [1.29, 1.82) is 0 Å². The van der Waals surface area contributed by atoms with Gasteiger partial charge in [-0.15, -0.1) is 0 Å². The summed E-state index contributed by atoms with van der Waals surface area (Å²) in [6, 6.07) is 6.83. The van der Waals surface area contributed by atoms with Crippen LogP contribution in [-0.2, 0) is 24.8 Å². The number of benzene rings is 1. The lowest BCUT2D eigenvalue weighted by Gasteiger charge is -2.44. The van der Waals surface area contributed by atoms with Gasteiger partial charge in [0.25, 0.3) is 0 Å². The molecule has 138 valence electrons. The third kappa shape index (κ3) is 3.75. The van der Waals surface area contributed by atoms with Crippen LogP contribution in [0.5, 0.6) is 0 Å². The SMILES string of the molecule is CN(C[C@@H]1CCCCO1)C(=O)C1(c2ccc(S(C)(=O)=O)cc2)CCC1. The molecule has 1 aliphatic heterocycles. The summed E-state index contributed by atoms with van der Waals surface area (Å²) >= 11 is 0. The van der Waals surface area contributed by atoms with Gasteiger partial charge < -0.3 is 9.64 Å². The molecule has 2 fully saturated rings. The molecule has 25 heavy (non-hydrogen) atoms. The molecule has 0 radical (unpaired) electrons. The monoisotopic (exact) mass is 365 g/mol. The van der Waals surface area contributed by atoms with E-state index in [0.717, 1.165) is 50.7 Å². The van der Waals surface area contributed by atoms with Crippen LogP contribution in [0.3, 0.4) is 0 Å². The van der Waals surface area contributed by atoms with Crippen LogP contribution in [0.1, 0.15) is 44.1 Å². The number of amides is 1. The average Bonchev–Trinajstić information content (AvgIpc) is 2.54. The number of hydrogen-bond acceptors (Lipinski definition) is 4. The predicted octanol–water partition coefficient (Wildman–Crippen LogP) is 2.54. The van der Waals surface area contributed by atoms with Crippen molar-refractivity contribution in [3.05, 3.63) is 29.8 Å². The zero-order chi connectivity index (χ0) is 18.1. The Morgan fingerprint density at radius 3 is 2.36 bits per heavy atom. The summed E-state index contributed by atoms with van der Waals surface area (Å²) < 4.78 is 29.1. The van der Waals surface area contributed by atoms with E-state index in [9.17, 15) is 13.2 Å². The van der Waals surface area contributed by atoms with E-state index in [-0.39, 0.29) is 12.0 Å². The maximum Gasteiger partial charge on any atom is 0.233 e. The number of carbonyl (C=O) groups excluding carboxylic acids is 1. The Kier molecular flexibility index (Phi) is 5.21. The molecule has 1 aromatic carbocycles. The van der Waals surface area contributed by atoms with Crippen molar-refractivity contribution in [2.24, 2.45) is 0 Å². The van der Waals surface area contributed by atoms with E-state index in [1.54, 1.807) is 29.2 Å². The quantitative estimate of drug-likeness (QED) is 0.804. The lowest BCUT2D eigenvalue weighted by Crippen LogP contribution is -2.51.